The van der Waals surface area contributed by atoms with E-state index in [0.717, 1.165) is 83.5 Å². The van der Waals surface area contributed by atoms with E-state index >= 15 is 0 Å². The van der Waals surface area contributed by atoms with Gasteiger partial charge in [-0.05, 0) is 57.8 Å². The van der Waals surface area contributed by atoms with E-state index < -0.39 is 6.10 Å². The van der Waals surface area contributed by atoms with E-state index in [1.54, 1.807) is 0 Å². The van der Waals surface area contributed by atoms with Gasteiger partial charge in [0.15, 0.2) is 6.10 Å². The zero-order valence-corrected chi connectivity index (χ0v) is 56.0. The van der Waals surface area contributed by atoms with Crippen LogP contribution in [0.25, 0.3) is 0 Å². The molecule has 0 aliphatic carbocycles. The first-order valence-electron chi connectivity index (χ1n) is 37.1. The molecule has 0 N–H and O–H groups in total. The van der Waals surface area contributed by atoms with Crippen LogP contribution < -0.4 is 0 Å². The van der Waals surface area contributed by atoms with Crippen LogP contribution >= 0.6 is 0 Å². The normalized spacial score (nSPS) is 12.3. The maximum absolute atomic E-state index is 12.9. The zero-order valence-electron chi connectivity index (χ0n) is 56.0. The van der Waals surface area contributed by atoms with Crippen molar-refractivity contribution in [3.05, 3.63) is 48.6 Å². The monoisotopic (exact) mass is 1160 g/mol. The van der Waals surface area contributed by atoms with Crippen LogP contribution in [0.1, 0.15) is 406 Å². The molecule has 1 unspecified atom stereocenters. The molecule has 0 spiro atoms. The largest absolute Gasteiger partial charge is 0.462 e. The molecule has 83 heavy (non-hydrogen) atoms. The van der Waals surface area contributed by atoms with E-state index in [1.807, 2.05) is 0 Å². The number of carbonyl (C=O) groups excluding carboxylic acids is 3. The summed E-state index contributed by atoms with van der Waals surface area (Å²) < 4.78 is 17.0. The van der Waals surface area contributed by atoms with Gasteiger partial charge < -0.3 is 14.2 Å². The fourth-order valence-electron chi connectivity index (χ4n) is 11.3. The van der Waals surface area contributed by atoms with Crippen LogP contribution in [-0.4, -0.2) is 37.2 Å². The Morgan fingerprint density at radius 2 is 0.470 bits per heavy atom. The first kappa shape index (κ1) is 80.4. The fraction of sp³-hybridized carbons (Fsp3) is 0.857. The molecule has 0 aliphatic rings. The Kier molecular flexibility index (Phi) is 69.6. The molecule has 6 nitrogen and oxygen atoms in total. The van der Waals surface area contributed by atoms with Gasteiger partial charge in [0.05, 0.1) is 0 Å². The summed E-state index contributed by atoms with van der Waals surface area (Å²) in [7, 11) is 0. The van der Waals surface area contributed by atoms with Gasteiger partial charge in [-0.15, -0.1) is 0 Å². The fourth-order valence-corrected chi connectivity index (χ4v) is 11.3. The van der Waals surface area contributed by atoms with E-state index in [4.69, 9.17) is 14.2 Å². The molecule has 486 valence electrons. The lowest BCUT2D eigenvalue weighted by Gasteiger charge is -2.18. The predicted octanol–water partition coefficient (Wildman–Crippen LogP) is 25.7. The molecule has 0 aliphatic heterocycles. The second kappa shape index (κ2) is 71.8. The number of unbranched alkanes of at least 4 members (excludes halogenated alkanes) is 50. The Bertz CT molecular complexity index is 1430. The Hall–Kier alpha value is -2.63. The summed E-state index contributed by atoms with van der Waals surface area (Å²) in [6.45, 7) is 6.60. The van der Waals surface area contributed by atoms with Crippen LogP contribution in [0.15, 0.2) is 48.6 Å². The van der Waals surface area contributed by atoms with E-state index in [0.29, 0.717) is 19.3 Å². The summed E-state index contributed by atoms with van der Waals surface area (Å²) in [5, 5.41) is 0. The molecular formula is C77H142O6. The van der Waals surface area contributed by atoms with Gasteiger partial charge in [-0.3, -0.25) is 14.4 Å². The second-order valence-electron chi connectivity index (χ2n) is 25.2. The first-order chi connectivity index (χ1) is 41.0. The van der Waals surface area contributed by atoms with Gasteiger partial charge in [-0.25, -0.2) is 0 Å². The summed E-state index contributed by atoms with van der Waals surface area (Å²) in [6, 6.07) is 0. The van der Waals surface area contributed by atoms with Crippen LogP contribution in [0.3, 0.4) is 0 Å². The summed E-state index contributed by atoms with van der Waals surface area (Å²) >= 11 is 0. The number of hydrogen-bond donors (Lipinski definition) is 0. The minimum Gasteiger partial charge on any atom is -0.462 e. The van der Waals surface area contributed by atoms with Gasteiger partial charge >= 0.3 is 17.9 Å². The highest BCUT2D eigenvalue weighted by molar-refractivity contribution is 5.71. The number of hydrogen-bond acceptors (Lipinski definition) is 6. The minimum atomic E-state index is -0.767. The van der Waals surface area contributed by atoms with Gasteiger partial charge in [-0.2, -0.15) is 0 Å². The van der Waals surface area contributed by atoms with Crippen molar-refractivity contribution in [3.63, 3.8) is 0 Å². The Morgan fingerprint density at radius 1 is 0.253 bits per heavy atom. The van der Waals surface area contributed by atoms with Crippen molar-refractivity contribution in [1.29, 1.82) is 0 Å². The van der Waals surface area contributed by atoms with E-state index in [-0.39, 0.29) is 31.1 Å². The van der Waals surface area contributed by atoms with Crippen LogP contribution in [0.5, 0.6) is 0 Å². The summed E-state index contributed by atoms with van der Waals surface area (Å²) in [6.07, 6.45) is 91.6. The topological polar surface area (TPSA) is 78.9 Å². The Balaban J connectivity index is 4.10. The molecule has 0 radical (unpaired) electrons. The highest BCUT2D eigenvalue weighted by Crippen LogP contribution is 2.19. The summed E-state index contributed by atoms with van der Waals surface area (Å²) in [4.78, 5) is 38.4. The predicted molar refractivity (Wildman–Crippen MR) is 362 cm³/mol. The third kappa shape index (κ3) is 70.0. The average molecular weight is 1160 g/mol. The highest BCUT2D eigenvalue weighted by atomic mass is 16.6. The summed E-state index contributed by atoms with van der Waals surface area (Å²) in [5.74, 6) is -0.831. The molecule has 6 heteroatoms. The van der Waals surface area contributed by atoms with Crippen molar-refractivity contribution in [2.45, 2.75) is 412 Å². The van der Waals surface area contributed by atoms with Crippen LogP contribution in [0.2, 0.25) is 0 Å². The molecule has 0 amide bonds. The van der Waals surface area contributed by atoms with Crippen LogP contribution in [0, 0.1) is 0 Å². The van der Waals surface area contributed by atoms with Crippen molar-refractivity contribution < 1.29 is 28.6 Å². The lowest BCUT2D eigenvalue weighted by atomic mass is 10.0. The smallest absolute Gasteiger partial charge is 0.306 e. The molecule has 0 saturated heterocycles. The quantitative estimate of drug-likeness (QED) is 0.0261. The lowest BCUT2D eigenvalue weighted by Crippen LogP contribution is -2.30. The first-order valence-corrected chi connectivity index (χ1v) is 37.1. The van der Waals surface area contributed by atoms with Crippen molar-refractivity contribution in [3.8, 4) is 0 Å². The third-order valence-electron chi connectivity index (χ3n) is 16.8. The third-order valence-corrected chi connectivity index (χ3v) is 16.8. The number of ether oxygens (including phenoxy) is 3. The molecule has 0 rings (SSSR count). The molecule has 0 aromatic carbocycles. The van der Waals surface area contributed by atoms with E-state index in [1.165, 1.54) is 283 Å². The van der Waals surface area contributed by atoms with Crippen LogP contribution in [-0.2, 0) is 28.6 Å². The molecular weight excluding hydrogens is 1020 g/mol. The van der Waals surface area contributed by atoms with Crippen molar-refractivity contribution in [1.82, 2.24) is 0 Å². The molecule has 0 aromatic heterocycles. The Labute approximate surface area is 518 Å². The zero-order chi connectivity index (χ0) is 59.9. The van der Waals surface area contributed by atoms with Gasteiger partial charge in [0.25, 0.3) is 0 Å². The van der Waals surface area contributed by atoms with Gasteiger partial charge in [-0.1, -0.05) is 378 Å². The lowest BCUT2D eigenvalue weighted by molar-refractivity contribution is -0.167. The van der Waals surface area contributed by atoms with E-state index in [9.17, 15) is 14.4 Å². The van der Waals surface area contributed by atoms with Gasteiger partial charge in [0, 0.05) is 19.3 Å². The molecule has 0 bridgehead atoms. The highest BCUT2D eigenvalue weighted by Gasteiger charge is 2.20. The average Bonchev–Trinajstić information content (AvgIpc) is 3.49. The molecule has 0 aromatic rings. The second-order valence-corrected chi connectivity index (χ2v) is 25.2. The van der Waals surface area contributed by atoms with Crippen molar-refractivity contribution in [2.24, 2.45) is 0 Å². The van der Waals surface area contributed by atoms with Crippen molar-refractivity contribution >= 4 is 17.9 Å². The van der Waals surface area contributed by atoms with Gasteiger partial charge in [0.1, 0.15) is 13.2 Å². The van der Waals surface area contributed by atoms with Crippen molar-refractivity contribution in [2.75, 3.05) is 13.2 Å². The number of rotatable bonds is 69. The minimum absolute atomic E-state index is 0.0643. The SMILES string of the molecule is CC/C=C\C/C=C\C/C=C\C/C=C\CCCCCCCCCCCCCCCCCCCCCCC(=O)OCC(COC(=O)CCCCCCCCCCCCCC)OC(=O)CCCCCCCCCCCCCCCCCCCCCC. The molecule has 0 heterocycles. The number of allylic oxidation sites excluding steroid dienone is 8. The molecule has 0 saturated carbocycles. The number of esters is 3. The standard InChI is InChI=1S/C77H142O6/c1-4-7-10-13-16-19-22-25-27-29-31-33-34-35-36-37-38-39-40-41-42-43-44-45-47-48-50-52-55-58-61-64-67-70-76(79)82-73-74(72-81-75(78)69-66-63-60-57-54-24-21-18-15-12-9-6-3)83-77(80)71-68-65-62-59-56-53-51-49-46-32-30-28-26-23-20-17-14-11-8-5-2/h7,10,16,19,25,27,31,33,74H,4-6,8-9,11-15,17-18,20-24,26,28-30,32,34-73H2,1-3H3/b10-7-,19-16-,27-25-,33-31-. The Morgan fingerprint density at radius 3 is 0.735 bits per heavy atom. The molecule has 0 fully saturated rings. The molecule has 1 atom stereocenters. The van der Waals surface area contributed by atoms with Crippen LogP contribution in [0.4, 0.5) is 0 Å². The van der Waals surface area contributed by atoms with E-state index in [2.05, 4.69) is 69.4 Å². The maximum atomic E-state index is 12.9. The number of carbonyl (C=O) groups is 3. The van der Waals surface area contributed by atoms with Gasteiger partial charge in [0.2, 0.25) is 0 Å². The maximum Gasteiger partial charge on any atom is 0.306 e. The summed E-state index contributed by atoms with van der Waals surface area (Å²) in [5.41, 5.74) is 0.